The van der Waals surface area contributed by atoms with Crippen LogP contribution in [0.1, 0.15) is 25.0 Å². The highest BCUT2D eigenvalue weighted by Gasteiger charge is 2.61. The van der Waals surface area contributed by atoms with Crippen LogP contribution in [0.3, 0.4) is 0 Å². The summed E-state index contributed by atoms with van der Waals surface area (Å²) >= 11 is 0. The number of amides is 2. The lowest BCUT2D eigenvalue weighted by molar-refractivity contribution is -0.123. The zero-order valence-electron chi connectivity index (χ0n) is 10.1. The van der Waals surface area contributed by atoms with Gasteiger partial charge in [0.1, 0.15) is 5.76 Å². The van der Waals surface area contributed by atoms with Crippen molar-refractivity contribution in [1.29, 1.82) is 0 Å². The molecule has 0 aromatic carbocycles. The van der Waals surface area contributed by atoms with Crippen molar-refractivity contribution in [3.63, 3.8) is 0 Å². The number of hydrogen-bond donors (Lipinski definition) is 0. The van der Waals surface area contributed by atoms with E-state index in [0.29, 0.717) is 23.4 Å². The lowest BCUT2D eigenvalue weighted by Gasteiger charge is -2.19. The number of rotatable bonds is 1. The summed E-state index contributed by atoms with van der Waals surface area (Å²) in [4.78, 5) is 26.1. The first-order valence-electron chi connectivity index (χ1n) is 6.48. The van der Waals surface area contributed by atoms with Crippen LogP contribution in [0.4, 0.5) is 5.82 Å². The van der Waals surface area contributed by atoms with Crippen molar-refractivity contribution >= 4 is 17.6 Å². The van der Waals surface area contributed by atoms with E-state index >= 15 is 0 Å². The number of aromatic nitrogens is 1. The summed E-state index contributed by atoms with van der Waals surface area (Å²) in [5, 5.41) is 3.81. The van der Waals surface area contributed by atoms with E-state index in [1.165, 1.54) is 4.90 Å². The van der Waals surface area contributed by atoms with Gasteiger partial charge in [-0.1, -0.05) is 5.16 Å². The Hall–Kier alpha value is -1.65. The fourth-order valence-corrected chi connectivity index (χ4v) is 4.09. The Labute approximate surface area is 104 Å². The highest BCUT2D eigenvalue weighted by atomic mass is 16.5. The molecule has 1 aromatic heterocycles. The molecule has 3 fully saturated rings. The van der Waals surface area contributed by atoms with Crippen molar-refractivity contribution in [2.24, 2.45) is 23.7 Å². The molecule has 94 valence electrons. The number of fused-ring (bicyclic) bond motifs is 5. The molecule has 0 spiro atoms. The topological polar surface area (TPSA) is 63.4 Å². The smallest absolute Gasteiger partial charge is 0.239 e. The van der Waals surface area contributed by atoms with E-state index in [-0.39, 0.29) is 23.7 Å². The zero-order valence-corrected chi connectivity index (χ0v) is 10.1. The molecular weight excluding hydrogens is 232 g/mol. The van der Waals surface area contributed by atoms with Gasteiger partial charge >= 0.3 is 0 Å². The van der Waals surface area contributed by atoms with Crippen molar-refractivity contribution in [3.05, 3.63) is 11.8 Å². The minimum atomic E-state index is -0.0896. The predicted molar refractivity (Wildman–Crippen MR) is 61.5 cm³/mol. The van der Waals surface area contributed by atoms with Gasteiger partial charge in [-0.05, 0) is 38.0 Å². The second-order valence-electron chi connectivity index (χ2n) is 5.69. The van der Waals surface area contributed by atoms with Crippen LogP contribution in [-0.2, 0) is 9.59 Å². The maximum atomic E-state index is 12.4. The molecule has 2 amide bonds. The van der Waals surface area contributed by atoms with E-state index in [9.17, 15) is 9.59 Å². The number of carbonyl (C=O) groups excluding carboxylic acids is 2. The molecule has 2 aliphatic carbocycles. The largest absolute Gasteiger partial charge is 0.360 e. The van der Waals surface area contributed by atoms with Crippen LogP contribution in [0.15, 0.2) is 10.6 Å². The summed E-state index contributed by atoms with van der Waals surface area (Å²) in [6.45, 7) is 1.76. The first-order valence-corrected chi connectivity index (χ1v) is 6.48. The third-order valence-corrected chi connectivity index (χ3v) is 4.77. The SMILES string of the molecule is Cc1cc(N2C(=O)[C@@H]3[C@@H]4CC[C@H](C4)[C@H]3C2=O)no1. The molecule has 4 rings (SSSR count). The van der Waals surface area contributed by atoms with Crippen molar-refractivity contribution < 1.29 is 14.1 Å². The number of hydrogen-bond acceptors (Lipinski definition) is 4. The molecule has 5 nitrogen and oxygen atoms in total. The van der Waals surface area contributed by atoms with Crippen LogP contribution in [0.5, 0.6) is 0 Å². The summed E-state index contributed by atoms with van der Waals surface area (Å²) < 4.78 is 4.97. The van der Waals surface area contributed by atoms with Crippen LogP contribution < -0.4 is 4.90 Å². The summed E-state index contributed by atoms with van der Waals surface area (Å²) in [5.74, 6) is 1.49. The van der Waals surface area contributed by atoms with E-state index < -0.39 is 0 Å². The Morgan fingerprint density at radius 2 is 1.83 bits per heavy atom. The molecular formula is C13H14N2O3. The third kappa shape index (κ3) is 1.09. The Bertz CT molecular complexity index is 522. The lowest BCUT2D eigenvalue weighted by atomic mass is 9.81. The monoisotopic (exact) mass is 246 g/mol. The Morgan fingerprint density at radius 1 is 1.22 bits per heavy atom. The number of aryl methyl sites for hydroxylation is 1. The maximum absolute atomic E-state index is 12.4. The van der Waals surface area contributed by atoms with Gasteiger partial charge in [0.2, 0.25) is 11.8 Å². The van der Waals surface area contributed by atoms with E-state index in [0.717, 1.165) is 19.3 Å². The fraction of sp³-hybridized carbons (Fsp3) is 0.615. The second-order valence-corrected chi connectivity index (χ2v) is 5.69. The van der Waals surface area contributed by atoms with Gasteiger partial charge in [0.05, 0.1) is 11.8 Å². The lowest BCUT2D eigenvalue weighted by Crippen LogP contribution is -2.32. The van der Waals surface area contributed by atoms with Gasteiger partial charge in [-0.15, -0.1) is 0 Å². The average molecular weight is 246 g/mol. The molecule has 18 heavy (non-hydrogen) atoms. The molecule has 1 saturated heterocycles. The van der Waals surface area contributed by atoms with Gasteiger partial charge in [-0.2, -0.15) is 0 Å². The fourth-order valence-electron chi connectivity index (χ4n) is 4.09. The van der Waals surface area contributed by atoms with Gasteiger partial charge < -0.3 is 4.52 Å². The van der Waals surface area contributed by atoms with E-state index in [2.05, 4.69) is 5.16 Å². The second kappa shape index (κ2) is 3.22. The summed E-state index contributed by atoms with van der Waals surface area (Å²) in [5.41, 5.74) is 0. The minimum absolute atomic E-state index is 0.0644. The van der Waals surface area contributed by atoms with E-state index in [4.69, 9.17) is 4.52 Å². The number of carbonyl (C=O) groups is 2. The van der Waals surface area contributed by atoms with Crippen molar-refractivity contribution in [2.45, 2.75) is 26.2 Å². The van der Waals surface area contributed by atoms with E-state index in [1.807, 2.05) is 0 Å². The normalized spacial score (nSPS) is 37.7. The Balaban J connectivity index is 1.75. The molecule has 4 atom stereocenters. The molecule has 5 heteroatoms. The summed E-state index contributed by atoms with van der Waals surface area (Å²) in [6.07, 6.45) is 3.24. The van der Waals surface area contributed by atoms with Crippen molar-refractivity contribution in [2.75, 3.05) is 4.90 Å². The van der Waals surface area contributed by atoms with Crippen LogP contribution >= 0.6 is 0 Å². The van der Waals surface area contributed by atoms with Crippen molar-refractivity contribution in [3.8, 4) is 0 Å². The quantitative estimate of drug-likeness (QED) is 0.705. The first kappa shape index (κ1) is 10.3. The molecule has 2 heterocycles. The molecule has 0 N–H and O–H groups in total. The first-order chi connectivity index (χ1) is 8.66. The standard InChI is InChI=1S/C13H14N2O3/c1-6-4-9(14-18-6)15-12(16)10-7-2-3-8(5-7)11(10)13(15)17/h4,7-8,10-11H,2-3,5H2,1H3/t7-,8-,10-,11-/m1/s1. The van der Waals surface area contributed by atoms with Gasteiger partial charge in [0.15, 0.2) is 5.82 Å². The van der Waals surface area contributed by atoms with Crippen LogP contribution in [0.25, 0.3) is 0 Å². The number of imide groups is 1. The average Bonchev–Trinajstić information content (AvgIpc) is 3.05. The molecule has 3 aliphatic rings. The summed E-state index contributed by atoms with van der Waals surface area (Å²) in [7, 11) is 0. The molecule has 2 saturated carbocycles. The Kier molecular flexibility index (Phi) is 1.84. The van der Waals surface area contributed by atoms with E-state index in [1.54, 1.807) is 13.0 Å². The highest BCUT2D eigenvalue weighted by Crippen LogP contribution is 2.56. The zero-order chi connectivity index (χ0) is 12.4. The molecule has 1 aromatic rings. The third-order valence-electron chi connectivity index (χ3n) is 4.77. The highest BCUT2D eigenvalue weighted by molar-refractivity contribution is 6.22. The van der Waals surface area contributed by atoms with Gasteiger partial charge in [-0.25, -0.2) is 4.90 Å². The summed E-state index contributed by atoms with van der Waals surface area (Å²) in [6, 6.07) is 1.65. The molecule has 0 unspecified atom stereocenters. The van der Waals surface area contributed by atoms with Crippen LogP contribution in [0.2, 0.25) is 0 Å². The predicted octanol–water partition coefficient (Wildman–Crippen LogP) is 1.52. The Morgan fingerprint density at radius 3 is 2.33 bits per heavy atom. The number of anilines is 1. The molecule has 1 aliphatic heterocycles. The molecule has 2 bridgehead atoms. The molecule has 0 radical (unpaired) electrons. The van der Waals surface area contributed by atoms with Crippen molar-refractivity contribution in [1.82, 2.24) is 5.16 Å². The number of nitrogens with zero attached hydrogens (tertiary/aromatic N) is 2. The maximum Gasteiger partial charge on any atom is 0.239 e. The van der Waals surface area contributed by atoms with Gasteiger partial charge in [-0.3, -0.25) is 9.59 Å². The van der Waals surface area contributed by atoms with Gasteiger partial charge in [0.25, 0.3) is 0 Å². The minimum Gasteiger partial charge on any atom is -0.360 e. The van der Waals surface area contributed by atoms with Crippen LogP contribution in [-0.4, -0.2) is 17.0 Å². The van der Waals surface area contributed by atoms with Gasteiger partial charge in [0, 0.05) is 6.07 Å². The van der Waals surface area contributed by atoms with Crippen LogP contribution in [0, 0.1) is 30.6 Å².